The van der Waals surface area contributed by atoms with Crippen LogP contribution in [0.2, 0.25) is 0 Å². The minimum Gasteiger partial charge on any atom is -0.329 e. The summed E-state index contributed by atoms with van der Waals surface area (Å²) in [7, 11) is 0. The fraction of sp³-hybridized carbons (Fsp3) is 0.273. The van der Waals surface area contributed by atoms with Crippen LogP contribution in [0.3, 0.4) is 0 Å². The lowest BCUT2D eigenvalue weighted by Gasteiger charge is -2.34. The smallest absolute Gasteiger partial charge is 0.209 e. The number of carbonyl (C=O) groups excluding carboxylic acids is 1. The van der Waals surface area contributed by atoms with E-state index in [9.17, 15) is 4.79 Å². The van der Waals surface area contributed by atoms with Gasteiger partial charge in [-0.25, -0.2) is 4.98 Å². The van der Waals surface area contributed by atoms with Gasteiger partial charge in [0.05, 0.1) is 17.1 Å². The number of aryl methyl sites for hydroxylation is 1. The van der Waals surface area contributed by atoms with Crippen LogP contribution in [0.25, 0.3) is 11.0 Å². The molecule has 3 aromatic rings. The van der Waals surface area contributed by atoms with Gasteiger partial charge in [0.15, 0.2) is 5.78 Å². The molecule has 0 bridgehead atoms. The lowest BCUT2D eigenvalue weighted by Crippen LogP contribution is -2.30. The number of benzene rings is 2. The molecule has 0 radical (unpaired) electrons. The van der Waals surface area contributed by atoms with E-state index in [0.29, 0.717) is 6.42 Å². The van der Waals surface area contributed by atoms with Crippen molar-refractivity contribution in [3.8, 4) is 0 Å². The molecule has 5 rings (SSSR count). The number of imidazole rings is 1. The van der Waals surface area contributed by atoms with E-state index in [1.807, 2.05) is 18.2 Å². The van der Waals surface area contributed by atoms with Crippen LogP contribution in [-0.4, -0.2) is 15.3 Å². The number of rotatable bonds is 2. The predicted molar refractivity (Wildman–Crippen MR) is 103 cm³/mol. The molecule has 2 aliphatic rings. The molecular formula is C22H21N3O. The molecule has 26 heavy (non-hydrogen) atoms. The van der Waals surface area contributed by atoms with Crippen molar-refractivity contribution in [2.75, 3.05) is 5.32 Å². The number of aromatic nitrogens is 2. The summed E-state index contributed by atoms with van der Waals surface area (Å²) in [6, 6.07) is 16.7. The molecule has 2 aromatic carbocycles. The van der Waals surface area contributed by atoms with Gasteiger partial charge in [-0.2, -0.15) is 0 Å². The molecule has 1 aliphatic heterocycles. The highest BCUT2D eigenvalue weighted by molar-refractivity contribution is 6.00. The van der Waals surface area contributed by atoms with Crippen LogP contribution in [0.15, 0.2) is 59.8 Å². The van der Waals surface area contributed by atoms with Crippen LogP contribution in [-0.2, 0) is 11.2 Å². The third-order valence-electron chi connectivity index (χ3n) is 5.55. The molecule has 1 N–H and O–H groups in total. The van der Waals surface area contributed by atoms with Crippen molar-refractivity contribution in [2.45, 2.75) is 38.6 Å². The third-order valence-corrected chi connectivity index (χ3v) is 5.55. The zero-order valence-electron chi connectivity index (χ0n) is 14.8. The number of fused-ring (bicyclic) bond motifs is 3. The summed E-state index contributed by atoms with van der Waals surface area (Å²) >= 11 is 0. The van der Waals surface area contributed by atoms with Crippen molar-refractivity contribution < 1.29 is 4.79 Å². The Labute approximate surface area is 152 Å². The van der Waals surface area contributed by atoms with Crippen molar-refractivity contribution in [3.63, 3.8) is 0 Å². The molecule has 1 aliphatic carbocycles. The molecule has 1 atom stereocenters. The topological polar surface area (TPSA) is 46.9 Å². The first-order valence-corrected chi connectivity index (χ1v) is 9.35. The van der Waals surface area contributed by atoms with E-state index in [2.05, 4.69) is 47.1 Å². The van der Waals surface area contributed by atoms with Crippen molar-refractivity contribution in [1.82, 2.24) is 9.55 Å². The maximum atomic E-state index is 12.9. The largest absolute Gasteiger partial charge is 0.329 e. The average molecular weight is 343 g/mol. The van der Waals surface area contributed by atoms with Gasteiger partial charge in [0.25, 0.3) is 0 Å². The monoisotopic (exact) mass is 343 g/mol. The zero-order chi connectivity index (χ0) is 17.7. The number of anilines is 1. The number of Topliss-reactive ketones (excluding diaryl/α,β-unsaturated/α-hetero) is 1. The van der Waals surface area contributed by atoms with E-state index in [1.165, 1.54) is 5.56 Å². The lowest BCUT2D eigenvalue weighted by atomic mass is 9.85. The van der Waals surface area contributed by atoms with E-state index in [0.717, 1.165) is 53.1 Å². The number of nitrogens with one attached hydrogen (secondary N) is 1. The molecule has 0 saturated heterocycles. The van der Waals surface area contributed by atoms with E-state index in [4.69, 9.17) is 4.98 Å². The molecule has 130 valence electrons. The van der Waals surface area contributed by atoms with Crippen molar-refractivity contribution in [1.29, 1.82) is 0 Å². The van der Waals surface area contributed by atoms with Gasteiger partial charge in [0.2, 0.25) is 5.95 Å². The van der Waals surface area contributed by atoms with Gasteiger partial charge in [-0.15, -0.1) is 0 Å². The Hall–Kier alpha value is -2.88. The molecule has 2 heterocycles. The van der Waals surface area contributed by atoms with Gasteiger partial charge in [-0.3, -0.25) is 9.36 Å². The number of carbonyl (C=O) groups is 1. The lowest BCUT2D eigenvalue weighted by molar-refractivity contribution is -0.116. The number of hydrogen-bond acceptors (Lipinski definition) is 3. The number of hydrogen-bond donors (Lipinski definition) is 1. The third kappa shape index (κ3) is 2.22. The van der Waals surface area contributed by atoms with Gasteiger partial charge in [-0.05, 0) is 42.5 Å². The van der Waals surface area contributed by atoms with E-state index in [-0.39, 0.29) is 11.8 Å². The zero-order valence-corrected chi connectivity index (χ0v) is 14.8. The van der Waals surface area contributed by atoms with Crippen LogP contribution in [0, 0.1) is 0 Å². The van der Waals surface area contributed by atoms with Crippen molar-refractivity contribution >= 4 is 22.8 Å². The number of allylic oxidation sites excluding steroid dienone is 2. The van der Waals surface area contributed by atoms with E-state index in [1.54, 1.807) is 0 Å². The average Bonchev–Trinajstić information content (AvgIpc) is 3.05. The fourth-order valence-electron chi connectivity index (χ4n) is 4.22. The number of nitrogens with zero attached hydrogens (tertiary/aromatic N) is 2. The van der Waals surface area contributed by atoms with Crippen LogP contribution >= 0.6 is 0 Å². The highest BCUT2D eigenvalue weighted by atomic mass is 16.1. The maximum absolute atomic E-state index is 12.9. The van der Waals surface area contributed by atoms with Gasteiger partial charge in [-0.1, -0.05) is 43.3 Å². The maximum Gasteiger partial charge on any atom is 0.209 e. The molecule has 1 unspecified atom stereocenters. The normalized spacial score (nSPS) is 19.3. The van der Waals surface area contributed by atoms with Crippen molar-refractivity contribution in [2.24, 2.45) is 0 Å². The molecular weight excluding hydrogens is 322 g/mol. The van der Waals surface area contributed by atoms with Gasteiger partial charge >= 0.3 is 0 Å². The standard InChI is InChI=1S/C22H21N3O/c1-2-14-10-12-15(13-11-14)21-20-17(7-5-9-19(20)26)24-22-23-16-6-3-4-8-18(16)25(21)22/h3-4,6,8,10-13,21H,2,5,7,9H2,1H3,(H,23,24). The Morgan fingerprint density at radius 2 is 1.92 bits per heavy atom. The molecule has 0 amide bonds. The number of ketones is 1. The van der Waals surface area contributed by atoms with Crippen molar-refractivity contribution in [3.05, 3.63) is 70.9 Å². The minimum atomic E-state index is -0.104. The Balaban J connectivity index is 1.77. The summed E-state index contributed by atoms with van der Waals surface area (Å²) in [5.41, 5.74) is 6.44. The Bertz CT molecular complexity index is 1040. The SMILES string of the molecule is CCc1ccc(C2C3=C(CCCC3=O)Nc3nc4ccccc4n32)cc1. The Morgan fingerprint density at radius 1 is 1.12 bits per heavy atom. The first-order chi connectivity index (χ1) is 12.8. The quantitative estimate of drug-likeness (QED) is 0.738. The molecule has 0 spiro atoms. The van der Waals surface area contributed by atoms with Crippen LogP contribution in [0.1, 0.15) is 43.4 Å². The second kappa shape index (κ2) is 5.84. The van der Waals surface area contributed by atoms with Gasteiger partial charge in [0.1, 0.15) is 0 Å². The second-order valence-corrected chi connectivity index (χ2v) is 7.09. The summed E-state index contributed by atoms with van der Waals surface area (Å²) in [6.07, 6.45) is 3.46. The molecule has 4 nitrogen and oxygen atoms in total. The Morgan fingerprint density at radius 3 is 2.73 bits per heavy atom. The second-order valence-electron chi connectivity index (χ2n) is 7.09. The van der Waals surface area contributed by atoms with E-state index >= 15 is 0 Å². The Kier molecular flexibility index (Phi) is 3.45. The van der Waals surface area contributed by atoms with Crippen LogP contribution in [0.4, 0.5) is 5.95 Å². The molecule has 0 saturated carbocycles. The highest BCUT2D eigenvalue weighted by Gasteiger charge is 2.36. The summed E-state index contributed by atoms with van der Waals surface area (Å²) in [4.78, 5) is 17.7. The molecule has 0 fully saturated rings. The van der Waals surface area contributed by atoms with Crippen LogP contribution in [0.5, 0.6) is 0 Å². The molecule has 1 aromatic heterocycles. The first kappa shape index (κ1) is 15.4. The summed E-state index contributed by atoms with van der Waals surface area (Å²) in [6.45, 7) is 2.16. The van der Waals surface area contributed by atoms with Crippen LogP contribution < -0.4 is 5.32 Å². The minimum absolute atomic E-state index is 0.104. The van der Waals surface area contributed by atoms with Gasteiger partial charge < -0.3 is 5.32 Å². The van der Waals surface area contributed by atoms with Gasteiger partial charge in [0, 0.05) is 17.7 Å². The summed E-state index contributed by atoms with van der Waals surface area (Å²) in [5, 5.41) is 3.45. The summed E-state index contributed by atoms with van der Waals surface area (Å²) < 4.78 is 2.19. The first-order valence-electron chi connectivity index (χ1n) is 9.35. The predicted octanol–water partition coefficient (Wildman–Crippen LogP) is 4.62. The highest BCUT2D eigenvalue weighted by Crippen LogP contribution is 2.42. The number of para-hydroxylation sites is 2. The molecule has 4 heteroatoms. The van der Waals surface area contributed by atoms with E-state index < -0.39 is 0 Å². The fourth-order valence-corrected chi connectivity index (χ4v) is 4.22. The summed E-state index contributed by atoms with van der Waals surface area (Å²) in [5.74, 6) is 1.09.